The number of rotatable bonds is 5. The number of cyclic esters (lactones) is 1. The zero-order valence-corrected chi connectivity index (χ0v) is 18.7. The van der Waals surface area contributed by atoms with Crippen LogP contribution in [0.2, 0.25) is 5.02 Å². The van der Waals surface area contributed by atoms with E-state index in [4.69, 9.17) is 21.1 Å². The van der Waals surface area contributed by atoms with Crippen molar-refractivity contribution in [2.75, 3.05) is 36.2 Å². The summed E-state index contributed by atoms with van der Waals surface area (Å²) in [5.74, 6) is 0.660. The summed E-state index contributed by atoms with van der Waals surface area (Å²) < 4.78 is 10.4. The Balaban J connectivity index is 1.54. The maximum atomic E-state index is 11.9. The number of benzene rings is 1. The molecular weight excluding hydrogens is 456 g/mol. The quantitative estimate of drug-likeness (QED) is 0.493. The third-order valence-electron chi connectivity index (χ3n) is 4.58. The molecule has 0 bridgehead atoms. The molecule has 0 aliphatic carbocycles. The first kappa shape index (κ1) is 21.7. The van der Waals surface area contributed by atoms with Crippen LogP contribution in [0, 0.1) is 0 Å². The topological polar surface area (TPSA) is 118 Å². The average molecular weight is 475 g/mol. The number of aromatic nitrogens is 2. The fraction of sp³-hybridized carbons (Fsp3) is 0.200. The molecule has 12 heteroatoms. The van der Waals surface area contributed by atoms with Crippen molar-refractivity contribution < 1.29 is 19.1 Å². The number of anilines is 5. The van der Waals surface area contributed by atoms with Crippen LogP contribution in [0.15, 0.2) is 35.8 Å². The zero-order valence-electron chi connectivity index (χ0n) is 17.1. The third kappa shape index (κ3) is 4.68. The van der Waals surface area contributed by atoms with Crippen molar-refractivity contribution in [2.45, 2.75) is 6.42 Å². The number of nitrogens with one attached hydrogen (secondary N) is 3. The number of thiophene rings is 1. The van der Waals surface area contributed by atoms with Gasteiger partial charge in [0, 0.05) is 26.2 Å². The van der Waals surface area contributed by atoms with E-state index in [9.17, 15) is 9.59 Å². The lowest BCUT2D eigenvalue weighted by Gasteiger charge is -2.17. The van der Waals surface area contributed by atoms with Crippen LogP contribution in [-0.2, 0) is 11.2 Å². The predicted octanol–water partition coefficient (Wildman–Crippen LogP) is 4.53. The highest BCUT2D eigenvalue weighted by molar-refractivity contribution is 7.12. The largest absolute Gasteiger partial charge is 0.449 e. The third-order valence-corrected chi connectivity index (χ3v) is 5.65. The molecule has 1 aromatic carbocycles. The van der Waals surface area contributed by atoms with Crippen molar-refractivity contribution in [2.24, 2.45) is 0 Å². The van der Waals surface area contributed by atoms with E-state index >= 15 is 0 Å². The van der Waals surface area contributed by atoms with Gasteiger partial charge in [0.15, 0.2) is 5.82 Å². The van der Waals surface area contributed by atoms with E-state index in [0.717, 1.165) is 16.9 Å². The van der Waals surface area contributed by atoms with Crippen LogP contribution in [-0.4, -0.2) is 42.9 Å². The van der Waals surface area contributed by atoms with Crippen molar-refractivity contribution in [3.05, 3.63) is 46.4 Å². The number of carbonyl (C=O) groups excluding carboxylic acids is 2. The molecule has 166 valence electrons. The number of halogens is 1. The van der Waals surface area contributed by atoms with E-state index < -0.39 is 6.09 Å². The lowest BCUT2D eigenvalue weighted by atomic mass is 10.1. The first-order valence-corrected chi connectivity index (χ1v) is 10.8. The summed E-state index contributed by atoms with van der Waals surface area (Å²) in [6.07, 6.45) is 1.11. The molecular formula is C20H19ClN6O4S. The van der Waals surface area contributed by atoms with E-state index in [0.29, 0.717) is 40.6 Å². The van der Waals surface area contributed by atoms with Crippen molar-refractivity contribution in [1.82, 2.24) is 15.3 Å². The maximum Gasteiger partial charge on any atom is 0.414 e. The fourth-order valence-corrected chi connectivity index (χ4v) is 3.84. The molecule has 4 rings (SSSR count). The normalized spacial score (nSPS) is 13.0. The highest BCUT2D eigenvalue weighted by Crippen LogP contribution is 2.35. The Kier molecular flexibility index (Phi) is 6.28. The summed E-state index contributed by atoms with van der Waals surface area (Å²) in [7, 11) is 3.15. The Labute approximate surface area is 192 Å². The van der Waals surface area contributed by atoms with Gasteiger partial charge < -0.3 is 25.4 Å². The van der Waals surface area contributed by atoms with Gasteiger partial charge in [0.25, 0.3) is 0 Å². The van der Waals surface area contributed by atoms with E-state index in [1.54, 1.807) is 18.5 Å². The summed E-state index contributed by atoms with van der Waals surface area (Å²) in [6.45, 7) is 0.312. The van der Waals surface area contributed by atoms with Gasteiger partial charge in [-0.05, 0) is 35.2 Å². The smallest absolute Gasteiger partial charge is 0.414 e. The van der Waals surface area contributed by atoms with Gasteiger partial charge in [-0.15, -0.1) is 11.3 Å². The fourth-order valence-electron chi connectivity index (χ4n) is 3.01. The van der Waals surface area contributed by atoms with Gasteiger partial charge in [-0.3, -0.25) is 4.90 Å². The molecule has 1 aliphatic rings. The minimum Gasteiger partial charge on any atom is -0.449 e. The number of ether oxygens (including phenoxy) is 2. The van der Waals surface area contributed by atoms with Gasteiger partial charge in [0.1, 0.15) is 5.02 Å². The molecule has 0 fully saturated rings. The molecule has 3 N–H and O–H groups in total. The Hall–Kier alpha value is -3.57. The second kappa shape index (κ2) is 9.28. The predicted molar refractivity (Wildman–Crippen MR) is 123 cm³/mol. The Bertz CT molecular complexity index is 1170. The standard InChI is InChI=1S/C20H19ClN6O4S/c1-22-19(28)31-17-14(6-8-32-17)25-16-13(21)10-23-18(26-16)24-12-3-4-15-11(9-12)5-7-30-20(29)27(15)2/h3-4,6,8-10H,5,7H2,1-2H3,(H,22,28)(H2,23,24,25,26). The average Bonchev–Trinajstić information content (AvgIpc) is 3.16. The SMILES string of the molecule is CNC(=O)Oc1sccc1Nc1nc(Nc2ccc3c(c2)CCOC(=O)N3C)ncc1Cl. The molecule has 0 saturated heterocycles. The second-order valence-electron chi connectivity index (χ2n) is 6.67. The first-order chi connectivity index (χ1) is 15.4. The van der Waals surface area contributed by atoms with Crippen LogP contribution in [0.25, 0.3) is 0 Å². The van der Waals surface area contributed by atoms with E-state index in [1.165, 1.54) is 29.5 Å². The molecule has 0 atom stereocenters. The monoisotopic (exact) mass is 474 g/mol. The van der Waals surface area contributed by atoms with Gasteiger partial charge >= 0.3 is 12.2 Å². The molecule has 2 aromatic heterocycles. The molecule has 0 saturated carbocycles. The molecule has 2 amide bonds. The minimum absolute atomic E-state index is 0.298. The number of hydrogen-bond acceptors (Lipinski definition) is 9. The molecule has 10 nitrogen and oxygen atoms in total. The molecule has 1 aliphatic heterocycles. The number of hydrogen-bond donors (Lipinski definition) is 3. The van der Waals surface area contributed by atoms with Crippen LogP contribution in [0.1, 0.15) is 5.56 Å². The summed E-state index contributed by atoms with van der Waals surface area (Å²) in [4.78, 5) is 33.5. The zero-order chi connectivity index (χ0) is 22.7. The molecule has 0 spiro atoms. The van der Waals surface area contributed by atoms with Crippen molar-refractivity contribution in [3.8, 4) is 5.06 Å². The van der Waals surface area contributed by atoms with Crippen LogP contribution in [0.5, 0.6) is 5.06 Å². The van der Waals surface area contributed by atoms with Gasteiger partial charge in [-0.1, -0.05) is 11.6 Å². The van der Waals surface area contributed by atoms with Gasteiger partial charge in [-0.2, -0.15) is 4.98 Å². The summed E-state index contributed by atoms with van der Waals surface area (Å²) in [5, 5.41) is 11.1. The maximum absolute atomic E-state index is 11.9. The molecule has 0 radical (unpaired) electrons. The van der Waals surface area contributed by atoms with Gasteiger partial charge in [0.2, 0.25) is 11.0 Å². The van der Waals surface area contributed by atoms with Crippen molar-refractivity contribution in [1.29, 1.82) is 0 Å². The molecule has 3 heterocycles. The van der Waals surface area contributed by atoms with Crippen LogP contribution in [0.4, 0.5) is 38.4 Å². The number of amides is 2. The summed E-state index contributed by atoms with van der Waals surface area (Å²) in [5.41, 5.74) is 3.05. The van der Waals surface area contributed by atoms with E-state index in [-0.39, 0.29) is 6.09 Å². The number of fused-ring (bicyclic) bond motifs is 1. The highest BCUT2D eigenvalue weighted by Gasteiger charge is 2.20. The van der Waals surface area contributed by atoms with Gasteiger partial charge in [0.05, 0.1) is 24.2 Å². The highest BCUT2D eigenvalue weighted by atomic mass is 35.5. The first-order valence-electron chi connectivity index (χ1n) is 9.51. The van der Waals surface area contributed by atoms with E-state index in [2.05, 4.69) is 25.9 Å². The van der Waals surface area contributed by atoms with Crippen LogP contribution in [0.3, 0.4) is 0 Å². The minimum atomic E-state index is -0.576. The summed E-state index contributed by atoms with van der Waals surface area (Å²) in [6, 6.07) is 7.34. The van der Waals surface area contributed by atoms with Crippen molar-refractivity contribution in [3.63, 3.8) is 0 Å². The Morgan fingerprint density at radius 2 is 2.16 bits per heavy atom. The van der Waals surface area contributed by atoms with Crippen molar-refractivity contribution >= 4 is 64.0 Å². The molecule has 3 aromatic rings. The van der Waals surface area contributed by atoms with E-state index in [1.807, 2.05) is 18.2 Å². The number of carbonyl (C=O) groups is 2. The lowest BCUT2D eigenvalue weighted by molar-refractivity contribution is 0.159. The Morgan fingerprint density at radius 3 is 2.97 bits per heavy atom. The summed E-state index contributed by atoms with van der Waals surface area (Å²) >= 11 is 7.52. The molecule has 0 unspecified atom stereocenters. The van der Waals surface area contributed by atoms with Crippen LogP contribution >= 0.6 is 22.9 Å². The van der Waals surface area contributed by atoms with Gasteiger partial charge in [-0.25, -0.2) is 14.6 Å². The molecule has 32 heavy (non-hydrogen) atoms. The second-order valence-corrected chi connectivity index (χ2v) is 7.95. The lowest BCUT2D eigenvalue weighted by Crippen LogP contribution is -2.25. The Morgan fingerprint density at radius 1 is 1.31 bits per heavy atom. The number of nitrogens with zero attached hydrogens (tertiary/aromatic N) is 3. The van der Waals surface area contributed by atoms with Crippen LogP contribution < -0.4 is 25.6 Å².